The van der Waals surface area contributed by atoms with Gasteiger partial charge in [-0.3, -0.25) is 4.98 Å². The number of benzene rings is 1. The maximum atomic E-state index is 4.91. The molecule has 0 amide bonds. The Morgan fingerprint density at radius 3 is 2.90 bits per heavy atom. The summed E-state index contributed by atoms with van der Waals surface area (Å²) in [5, 5.41) is 1.36. The van der Waals surface area contributed by atoms with E-state index in [1.54, 1.807) is 0 Å². The van der Waals surface area contributed by atoms with E-state index in [9.17, 15) is 0 Å². The first kappa shape index (κ1) is 12.2. The lowest BCUT2D eigenvalue weighted by Gasteiger charge is -2.37. The molecule has 104 valence electrons. The SMILES string of the molecule is CC1CCCCN1c1c2c(nc3ccccc13)CCC2. The van der Waals surface area contributed by atoms with E-state index in [4.69, 9.17) is 4.98 Å². The molecule has 2 aromatic rings. The van der Waals surface area contributed by atoms with E-state index in [1.807, 2.05) is 0 Å². The quantitative estimate of drug-likeness (QED) is 0.772. The maximum absolute atomic E-state index is 4.91. The van der Waals surface area contributed by atoms with Gasteiger partial charge in [0.25, 0.3) is 0 Å². The van der Waals surface area contributed by atoms with Crippen molar-refractivity contribution in [2.45, 2.75) is 51.5 Å². The third-order valence-electron chi connectivity index (χ3n) is 4.98. The van der Waals surface area contributed by atoms with Gasteiger partial charge in [0.15, 0.2) is 0 Å². The van der Waals surface area contributed by atoms with Crippen LogP contribution in [0.1, 0.15) is 43.9 Å². The van der Waals surface area contributed by atoms with Gasteiger partial charge in [0.2, 0.25) is 0 Å². The van der Waals surface area contributed by atoms with E-state index in [0.717, 1.165) is 6.42 Å². The number of hydrogen-bond acceptors (Lipinski definition) is 2. The van der Waals surface area contributed by atoms with Gasteiger partial charge in [0, 0.05) is 23.7 Å². The highest BCUT2D eigenvalue weighted by Crippen LogP contribution is 2.39. The number of nitrogens with zero attached hydrogens (tertiary/aromatic N) is 2. The molecule has 1 aliphatic heterocycles. The molecular formula is C18H22N2. The predicted molar refractivity (Wildman–Crippen MR) is 84.4 cm³/mol. The summed E-state index contributed by atoms with van der Waals surface area (Å²) in [5.41, 5.74) is 5.59. The summed E-state index contributed by atoms with van der Waals surface area (Å²) in [6.07, 6.45) is 7.68. The third-order valence-corrected chi connectivity index (χ3v) is 4.98. The van der Waals surface area contributed by atoms with Gasteiger partial charge in [0.1, 0.15) is 0 Å². The molecule has 2 heteroatoms. The third kappa shape index (κ3) is 1.81. The lowest BCUT2D eigenvalue weighted by molar-refractivity contribution is 0.485. The number of fused-ring (bicyclic) bond motifs is 2. The molecule has 2 nitrogen and oxygen atoms in total. The van der Waals surface area contributed by atoms with E-state index < -0.39 is 0 Å². The molecule has 1 aliphatic carbocycles. The summed E-state index contributed by atoms with van der Waals surface area (Å²) in [6, 6.07) is 9.37. The summed E-state index contributed by atoms with van der Waals surface area (Å²) in [4.78, 5) is 7.57. The Morgan fingerprint density at radius 2 is 2.00 bits per heavy atom. The zero-order valence-corrected chi connectivity index (χ0v) is 12.2. The Labute approximate surface area is 120 Å². The van der Waals surface area contributed by atoms with Crippen molar-refractivity contribution in [3.05, 3.63) is 35.5 Å². The maximum Gasteiger partial charge on any atom is 0.0726 e. The topological polar surface area (TPSA) is 16.1 Å². The van der Waals surface area contributed by atoms with Crippen molar-refractivity contribution in [1.29, 1.82) is 0 Å². The molecule has 1 aromatic carbocycles. The summed E-state index contributed by atoms with van der Waals surface area (Å²) in [7, 11) is 0. The van der Waals surface area contributed by atoms with Crippen molar-refractivity contribution < 1.29 is 0 Å². The molecule has 4 rings (SSSR count). The molecule has 1 unspecified atom stereocenters. The molecule has 0 spiro atoms. The minimum Gasteiger partial charge on any atom is -0.368 e. The van der Waals surface area contributed by atoms with E-state index in [-0.39, 0.29) is 0 Å². The van der Waals surface area contributed by atoms with E-state index in [1.165, 1.54) is 66.5 Å². The fourth-order valence-electron chi connectivity index (χ4n) is 3.94. The number of aromatic nitrogens is 1. The second-order valence-corrected chi connectivity index (χ2v) is 6.29. The number of pyridine rings is 1. The van der Waals surface area contributed by atoms with Crippen LogP contribution in [0, 0.1) is 0 Å². The second-order valence-electron chi connectivity index (χ2n) is 6.29. The van der Waals surface area contributed by atoms with Gasteiger partial charge in [-0.1, -0.05) is 18.2 Å². The molecule has 2 aliphatic rings. The highest BCUT2D eigenvalue weighted by atomic mass is 15.2. The fraction of sp³-hybridized carbons (Fsp3) is 0.500. The van der Waals surface area contributed by atoms with Crippen LogP contribution in [0.3, 0.4) is 0 Å². The van der Waals surface area contributed by atoms with Crippen LogP contribution in [0.2, 0.25) is 0 Å². The van der Waals surface area contributed by atoms with Crippen LogP contribution in [0.5, 0.6) is 0 Å². The van der Waals surface area contributed by atoms with Crippen molar-refractivity contribution in [2.24, 2.45) is 0 Å². The van der Waals surface area contributed by atoms with Gasteiger partial charge in [-0.05, 0) is 57.1 Å². The minimum atomic E-state index is 0.666. The first-order valence-electron chi connectivity index (χ1n) is 8.02. The normalized spacial score (nSPS) is 22.2. The first-order chi connectivity index (χ1) is 9.84. The lowest BCUT2D eigenvalue weighted by Crippen LogP contribution is -2.38. The molecule has 1 fully saturated rings. The number of aryl methyl sites for hydroxylation is 1. The monoisotopic (exact) mass is 266 g/mol. The van der Waals surface area contributed by atoms with E-state index in [0.29, 0.717) is 6.04 Å². The largest absolute Gasteiger partial charge is 0.368 e. The van der Waals surface area contributed by atoms with Crippen LogP contribution >= 0.6 is 0 Å². The number of hydrogen-bond donors (Lipinski definition) is 0. The van der Waals surface area contributed by atoms with Crippen LogP contribution in [-0.2, 0) is 12.8 Å². The second kappa shape index (κ2) is 4.76. The van der Waals surface area contributed by atoms with Crippen molar-refractivity contribution in [1.82, 2.24) is 4.98 Å². The van der Waals surface area contributed by atoms with Crippen LogP contribution < -0.4 is 4.90 Å². The zero-order valence-electron chi connectivity index (χ0n) is 12.2. The van der Waals surface area contributed by atoms with Gasteiger partial charge < -0.3 is 4.90 Å². The first-order valence-corrected chi connectivity index (χ1v) is 8.02. The summed E-state index contributed by atoms with van der Waals surface area (Å²) in [5.74, 6) is 0. The number of rotatable bonds is 1. The summed E-state index contributed by atoms with van der Waals surface area (Å²) < 4.78 is 0. The molecule has 0 bridgehead atoms. The zero-order chi connectivity index (χ0) is 13.5. The van der Waals surface area contributed by atoms with Crippen molar-refractivity contribution in [3.8, 4) is 0 Å². The molecule has 2 heterocycles. The predicted octanol–water partition coefficient (Wildman–Crippen LogP) is 4.10. The minimum absolute atomic E-state index is 0.666. The molecule has 1 saturated heterocycles. The Kier molecular flexibility index (Phi) is 2.90. The van der Waals surface area contributed by atoms with Gasteiger partial charge in [-0.25, -0.2) is 0 Å². The van der Waals surface area contributed by atoms with Crippen molar-refractivity contribution in [3.63, 3.8) is 0 Å². The Hall–Kier alpha value is -1.57. The van der Waals surface area contributed by atoms with Crippen LogP contribution in [-0.4, -0.2) is 17.6 Å². The summed E-state index contributed by atoms with van der Waals surface area (Å²) >= 11 is 0. The van der Waals surface area contributed by atoms with Gasteiger partial charge >= 0.3 is 0 Å². The van der Waals surface area contributed by atoms with Gasteiger partial charge in [0.05, 0.1) is 11.2 Å². The summed E-state index contributed by atoms with van der Waals surface area (Å²) in [6.45, 7) is 3.59. The number of piperidine rings is 1. The van der Waals surface area contributed by atoms with Crippen LogP contribution in [0.15, 0.2) is 24.3 Å². The van der Waals surface area contributed by atoms with E-state index >= 15 is 0 Å². The molecule has 1 atom stereocenters. The Bertz CT molecular complexity index is 647. The molecule has 0 radical (unpaired) electrons. The molecular weight excluding hydrogens is 244 g/mol. The Balaban J connectivity index is 1.96. The standard InChI is InChI=1S/C18H22N2/c1-13-7-4-5-12-20(13)18-14-8-2-3-10-16(14)19-17-11-6-9-15(17)18/h2-3,8,10,13H,4-7,9,11-12H2,1H3. The number of para-hydroxylation sites is 1. The lowest BCUT2D eigenvalue weighted by atomic mass is 9.98. The average Bonchev–Trinajstić information content (AvgIpc) is 2.93. The van der Waals surface area contributed by atoms with Crippen molar-refractivity contribution in [2.75, 3.05) is 11.4 Å². The highest BCUT2D eigenvalue weighted by Gasteiger charge is 2.27. The Morgan fingerprint density at radius 1 is 1.10 bits per heavy atom. The molecule has 1 aromatic heterocycles. The number of anilines is 1. The van der Waals surface area contributed by atoms with Crippen LogP contribution in [0.4, 0.5) is 5.69 Å². The highest BCUT2D eigenvalue weighted by molar-refractivity contribution is 5.94. The van der Waals surface area contributed by atoms with Crippen LogP contribution in [0.25, 0.3) is 10.9 Å². The smallest absolute Gasteiger partial charge is 0.0726 e. The van der Waals surface area contributed by atoms with Gasteiger partial charge in [-0.15, -0.1) is 0 Å². The van der Waals surface area contributed by atoms with Gasteiger partial charge in [-0.2, -0.15) is 0 Å². The average molecular weight is 266 g/mol. The molecule has 0 saturated carbocycles. The molecule has 0 N–H and O–H groups in total. The molecule has 20 heavy (non-hydrogen) atoms. The fourth-order valence-corrected chi connectivity index (χ4v) is 3.94. The van der Waals surface area contributed by atoms with Crippen molar-refractivity contribution >= 4 is 16.6 Å². The van der Waals surface area contributed by atoms with E-state index in [2.05, 4.69) is 36.1 Å².